The van der Waals surface area contributed by atoms with Crippen LogP contribution in [-0.4, -0.2) is 40.2 Å². The molecule has 0 fully saturated rings. The zero-order valence-corrected chi connectivity index (χ0v) is 13.6. The van der Waals surface area contributed by atoms with Crippen LogP contribution in [0, 0.1) is 11.8 Å². The van der Waals surface area contributed by atoms with E-state index >= 15 is 0 Å². The number of amides is 1. The number of aromatic nitrogens is 1. The Morgan fingerprint density at radius 2 is 2.12 bits per heavy atom. The lowest BCUT2D eigenvalue weighted by molar-refractivity contribution is -0.135. The Morgan fingerprint density at radius 1 is 1.32 bits per heavy atom. The summed E-state index contributed by atoms with van der Waals surface area (Å²) in [7, 11) is 0. The van der Waals surface area contributed by atoms with E-state index in [0.717, 1.165) is 0 Å². The highest BCUT2D eigenvalue weighted by Gasteiger charge is 2.13. The molecule has 2 aromatic rings. The number of halogens is 1. The summed E-state index contributed by atoms with van der Waals surface area (Å²) in [6.45, 7) is -0.468. The van der Waals surface area contributed by atoms with E-state index in [4.69, 9.17) is 21.4 Å². The van der Waals surface area contributed by atoms with Crippen LogP contribution < -0.4 is 10.1 Å². The van der Waals surface area contributed by atoms with Gasteiger partial charge in [0.1, 0.15) is 24.7 Å². The summed E-state index contributed by atoms with van der Waals surface area (Å²) < 4.78 is 5.39. The number of ether oxygens (including phenoxy) is 1. The van der Waals surface area contributed by atoms with Crippen molar-refractivity contribution in [2.75, 3.05) is 13.2 Å². The fraction of sp³-hybridized carbons (Fsp3) is 0.118. The summed E-state index contributed by atoms with van der Waals surface area (Å²) in [6.07, 6.45) is 1.29. The molecule has 0 spiro atoms. The van der Waals surface area contributed by atoms with E-state index in [0.29, 0.717) is 16.3 Å². The van der Waals surface area contributed by atoms with E-state index in [1.54, 1.807) is 24.3 Å². The van der Waals surface area contributed by atoms with Crippen LogP contribution in [0.25, 0.3) is 0 Å². The molecule has 0 bridgehead atoms. The van der Waals surface area contributed by atoms with Crippen LogP contribution in [0.2, 0.25) is 5.02 Å². The molecule has 3 N–H and O–H groups in total. The van der Waals surface area contributed by atoms with Crippen molar-refractivity contribution in [2.45, 2.75) is 0 Å². The fourth-order valence-corrected chi connectivity index (χ4v) is 1.93. The Hall–Kier alpha value is -3.24. The molecule has 8 heteroatoms. The van der Waals surface area contributed by atoms with E-state index in [2.05, 4.69) is 22.1 Å². The van der Waals surface area contributed by atoms with E-state index in [-0.39, 0.29) is 12.3 Å². The molecule has 128 valence electrons. The zero-order valence-electron chi connectivity index (χ0n) is 12.8. The molecule has 1 amide bonds. The smallest absolute Gasteiger partial charge is 0.322 e. The van der Waals surface area contributed by atoms with Gasteiger partial charge in [-0.05, 0) is 24.3 Å². The maximum Gasteiger partial charge on any atom is 0.322 e. The second-order valence-electron chi connectivity index (χ2n) is 4.72. The molecule has 7 nitrogen and oxygen atoms in total. The first-order chi connectivity index (χ1) is 12.0. The summed E-state index contributed by atoms with van der Waals surface area (Å²) in [4.78, 5) is 25.9. The maximum absolute atomic E-state index is 11.7. The second-order valence-corrected chi connectivity index (χ2v) is 5.15. The number of aromatic hydroxyl groups is 1. The predicted octanol–water partition coefficient (Wildman–Crippen LogP) is 1.69. The van der Waals surface area contributed by atoms with Gasteiger partial charge in [-0.3, -0.25) is 9.59 Å². The number of carbonyl (C=O) groups is 2. The number of pyridine rings is 1. The van der Waals surface area contributed by atoms with Crippen molar-refractivity contribution in [3.63, 3.8) is 0 Å². The summed E-state index contributed by atoms with van der Waals surface area (Å²) in [5.74, 6) is 3.66. The molecule has 0 atom stereocenters. The molecule has 1 heterocycles. The van der Waals surface area contributed by atoms with Crippen LogP contribution >= 0.6 is 11.6 Å². The Bertz CT molecular complexity index is 858. The normalized spacial score (nSPS) is 9.64. The lowest BCUT2D eigenvalue weighted by Gasteiger charge is -2.04. The first-order valence-corrected chi connectivity index (χ1v) is 7.40. The van der Waals surface area contributed by atoms with E-state index in [1.807, 2.05) is 0 Å². The number of benzene rings is 1. The minimum absolute atomic E-state index is 0.0992. The van der Waals surface area contributed by atoms with Crippen molar-refractivity contribution in [2.24, 2.45) is 0 Å². The van der Waals surface area contributed by atoms with Crippen molar-refractivity contribution in [3.8, 4) is 23.3 Å². The van der Waals surface area contributed by atoms with Gasteiger partial charge in [0.25, 0.3) is 5.91 Å². The fourth-order valence-electron chi connectivity index (χ4n) is 1.75. The van der Waals surface area contributed by atoms with Crippen LogP contribution in [0.15, 0.2) is 36.5 Å². The van der Waals surface area contributed by atoms with E-state index < -0.39 is 24.2 Å². The molecule has 0 radical (unpaired) electrons. The van der Waals surface area contributed by atoms with Gasteiger partial charge in [-0.15, -0.1) is 0 Å². The quantitative estimate of drug-likeness (QED) is 0.700. The number of carboxylic acids is 1. The molecule has 2 rings (SSSR count). The molecule has 0 aliphatic heterocycles. The molecule has 1 aromatic carbocycles. The van der Waals surface area contributed by atoms with Crippen molar-refractivity contribution >= 4 is 23.5 Å². The van der Waals surface area contributed by atoms with Crippen LogP contribution in [0.1, 0.15) is 16.1 Å². The number of carbonyl (C=O) groups excluding carboxylic acids is 1. The molecule has 0 unspecified atom stereocenters. The van der Waals surface area contributed by atoms with Crippen molar-refractivity contribution in [3.05, 3.63) is 52.8 Å². The minimum atomic E-state index is -1.20. The van der Waals surface area contributed by atoms with Gasteiger partial charge in [0, 0.05) is 16.8 Å². The van der Waals surface area contributed by atoms with Crippen molar-refractivity contribution in [1.82, 2.24) is 10.3 Å². The van der Waals surface area contributed by atoms with Gasteiger partial charge in [-0.2, -0.15) is 0 Å². The molecular weight excluding hydrogens is 348 g/mol. The van der Waals surface area contributed by atoms with Gasteiger partial charge in [-0.1, -0.05) is 29.5 Å². The Balaban J connectivity index is 1.96. The van der Waals surface area contributed by atoms with Gasteiger partial charge < -0.3 is 20.3 Å². The molecule has 0 aliphatic carbocycles. The second kappa shape index (κ2) is 8.57. The van der Waals surface area contributed by atoms with E-state index in [1.165, 1.54) is 12.3 Å². The third-order valence-electron chi connectivity index (χ3n) is 2.82. The Kier molecular flexibility index (Phi) is 6.20. The standard InChI is InChI=1S/C17H13ClN2O5/c18-12-4-1-5-13(8-12)25-6-2-3-11-7-14(21)16(19-9-11)17(24)20-10-15(22)23/h1,4-5,7-9,21H,6,10H2,(H,20,24)(H,22,23). The van der Waals surface area contributed by atoms with E-state index in [9.17, 15) is 14.7 Å². The highest BCUT2D eigenvalue weighted by molar-refractivity contribution is 6.30. The number of hydrogen-bond donors (Lipinski definition) is 3. The van der Waals surface area contributed by atoms with Gasteiger partial charge in [0.05, 0.1) is 0 Å². The first kappa shape index (κ1) is 18.1. The SMILES string of the molecule is O=C(O)CNC(=O)c1ncc(C#CCOc2cccc(Cl)c2)cc1O. The third-order valence-corrected chi connectivity index (χ3v) is 3.06. The van der Waals surface area contributed by atoms with Crippen molar-refractivity contribution < 1.29 is 24.5 Å². The molecule has 0 saturated heterocycles. The highest BCUT2D eigenvalue weighted by atomic mass is 35.5. The largest absolute Gasteiger partial charge is 0.505 e. The lowest BCUT2D eigenvalue weighted by atomic mass is 10.2. The zero-order chi connectivity index (χ0) is 18.2. The summed E-state index contributed by atoms with van der Waals surface area (Å²) in [6, 6.07) is 8.13. The summed E-state index contributed by atoms with van der Waals surface area (Å²) in [5, 5.41) is 21.0. The molecule has 1 aromatic heterocycles. The average molecular weight is 361 g/mol. The van der Waals surface area contributed by atoms with Gasteiger partial charge in [-0.25, -0.2) is 4.98 Å². The maximum atomic E-state index is 11.7. The van der Waals surface area contributed by atoms with Gasteiger partial charge in [0.2, 0.25) is 0 Å². The molecule has 0 saturated carbocycles. The van der Waals surface area contributed by atoms with Gasteiger partial charge >= 0.3 is 5.97 Å². The number of nitrogens with one attached hydrogen (secondary N) is 1. The number of carboxylic acid groups (broad SMARTS) is 1. The van der Waals surface area contributed by atoms with Crippen LogP contribution in [0.4, 0.5) is 0 Å². The number of nitrogens with zero attached hydrogens (tertiary/aromatic N) is 1. The number of aliphatic carboxylic acids is 1. The van der Waals surface area contributed by atoms with Crippen LogP contribution in [0.3, 0.4) is 0 Å². The Morgan fingerprint density at radius 3 is 2.80 bits per heavy atom. The number of rotatable bonds is 5. The Labute approximate surface area is 148 Å². The molecule has 25 heavy (non-hydrogen) atoms. The lowest BCUT2D eigenvalue weighted by Crippen LogP contribution is -2.29. The highest BCUT2D eigenvalue weighted by Crippen LogP contribution is 2.17. The monoisotopic (exact) mass is 360 g/mol. The van der Waals surface area contributed by atoms with Gasteiger partial charge in [0.15, 0.2) is 5.69 Å². The predicted molar refractivity (Wildman–Crippen MR) is 89.7 cm³/mol. The van der Waals surface area contributed by atoms with Crippen LogP contribution in [0.5, 0.6) is 11.5 Å². The number of hydrogen-bond acceptors (Lipinski definition) is 5. The van der Waals surface area contributed by atoms with Crippen molar-refractivity contribution in [1.29, 1.82) is 0 Å². The summed E-state index contributed by atoms with van der Waals surface area (Å²) in [5.41, 5.74) is 0.101. The molecular formula is C17H13ClN2O5. The molecule has 0 aliphatic rings. The topological polar surface area (TPSA) is 109 Å². The minimum Gasteiger partial charge on any atom is -0.505 e. The first-order valence-electron chi connectivity index (χ1n) is 7.02. The average Bonchev–Trinajstić information content (AvgIpc) is 2.57. The third kappa shape index (κ3) is 5.71. The van der Waals surface area contributed by atoms with Crippen LogP contribution in [-0.2, 0) is 4.79 Å². The summed E-state index contributed by atoms with van der Waals surface area (Å²) >= 11 is 5.83.